The maximum atomic E-state index is 12.8. The van der Waals surface area contributed by atoms with Crippen molar-refractivity contribution >= 4 is 34.0 Å². The molecule has 4 nitrogen and oxygen atoms in total. The van der Waals surface area contributed by atoms with Gasteiger partial charge >= 0.3 is 0 Å². The third kappa shape index (κ3) is 2.75. The Balaban J connectivity index is 1.67. The topological polar surface area (TPSA) is 51.2 Å². The first kappa shape index (κ1) is 15.1. The van der Waals surface area contributed by atoms with Crippen LogP contribution >= 0.6 is 11.6 Å². The van der Waals surface area contributed by atoms with E-state index < -0.39 is 0 Å². The van der Waals surface area contributed by atoms with Gasteiger partial charge in [0.05, 0.1) is 31.0 Å². The average Bonchev–Trinajstić information content (AvgIpc) is 2.61. The zero-order valence-electron chi connectivity index (χ0n) is 12.8. The van der Waals surface area contributed by atoms with Gasteiger partial charge in [0.1, 0.15) is 0 Å². The Morgan fingerprint density at radius 2 is 2.08 bits per heavy atom. The predicted molar refractivity (Wildman–Crippen MR) is 94.2 cm³/mol. The second-order valence-corrected chi connectivity index (χ2v) is 6.24. The number of benzene rings is 2. The second-order valence-electron chi connectivity index (χ2n) is 5.81. The lowest BCUT2D eigenvalue weighted by Crippen LogP contribution is -2.29. The van der Waals surface area contributed by atoms with Gasteiger partial charge in [-0.2, -0.15) is 0 Å². The summed E-state index contributed by atoms with van der Waals surface area (Å²) >= 11 is 6.10. The molecule has 3 aromatic rings. The summed E-state index contributed by atoms with van der Waals surface area (Å²) in [6, 6.07) is 13.4. The van der Waals surface area contributed by atoms with Crippen LogP contribution in [0.4, 0.5) is 5.69 Å². The maximum absolute atomic E-state index is 12.8. The number of aromatic nitrogens is 1. The van der Waals surface area contributed by atoms with Crippen LogP contribution in [0, 0.1) is 0 Å². The highest BCUT2D eigenvalue weighted by Gasteiger charge is 2.27. The first-order chi connectivity index (χ1) is 11.7. The molecule has 0 radical (unpaired) electrons. The van der Waals surface area contributed by atoms with Crippen LogP contribution in [0.2, 0.25) is 5.02 Å². The van der Waals surface area contributed by atoms with Gasteiger partial charge in [0.2, 0.25) is 5.91 Å². The molecule has 1 amide bonds. The van der Waals surface area contributed by atoms with Crippen LogP contribution < -0.4 is 5.32 Å². The van der Waals surface area contributed by atoms with Crippen molar-refractivity contribution in [2.24, 2.45) is 0 Å². The smallest absolute Gasteiger partial charge is 0.234 e. The molecule has 1 aromatic heterocycles. The minimum atomic E-state index is -0.383. The van der Waals surface area contributed by atoms with Gasteiger partial charge in [-0.15, -0.1) is 0 Å². The maximum Gasteiger partial charge on any atom is 0.234 e. The Hall–Kier alpha value is -2.43. The van der Waals surface area contributed by atoms with Gasteiger partial charge in [0, 0.05) is 22.0 Å². The third-order valence-corrected chi connectivity index (χ3v) is 4.50. The number of nitrogens with one attached hydrogen (secondary N) is 1. The van der Waals surface area contributed by atoms with Crippen LogP contribution in [0.5, 0.6) is 0 Å². The average molecular weight is 339 g/mol. The number of halogens is 1. The van der Waals surface area contributed by atoms with E-state index in [2.05, 4.69) is 10.3 Å². The predicted octanol–water partition coefficient (Wildman–Crippen LogP) is 4.14. The number of anilines is 1. The highest BCUT2D eigenvalue weighted by molar-refractivity contribution is 6.30. The molecular weight excluding hydrogens is 324 g/mol. The molecule has 5 heteroatoms. The molecule has 4 rings (SSSR count). The number of fused-ring (bicyclic) bond motifs is 2. The summed E-state index contributed by atoms with van der Waals surface area (Å²) in [5.41, 5.74) is 2.63. The zero-order valence-corrected chi connectivity index (χ0v) is 13.6. The number of hydrogen-bond donors (Lipinski definition) is 1. The van der Waals surface area contributed by atoms with E-state index in [0.29, 0.717) is 23.9 Å². The lowest BCUT2D eigenvalue weighted by Gasteiger charge is -2.25. The molecule has 0 fully saturated rings. The van der Waals surface area contributed by atoms with Gasteiger partial charge in [-0.3, -0.25) is 9.78 Å². The van der Waals surface area contributed by atoms with Gasteiger partial charge in [-0.25, -0.2) is 0 Å². The first-order valence-corrected chi connectivity index (χ1v) is 8.10. The fraction of sp³-hybridized carbons (Fsp3) is 0.158. The van der Waals surface area contributed by atoms with E-state index in [1.807, 2.05) is 42.5 Å². The SMILES string of the molecule is O=C(Nc1cncc2ccccc12)C1COCc2ccc(Cl)cc21. The molecule has 0 spiro atoms. The molecular formula is C19H15ClN2O2. The molecule has 0 aliphatic carbocycles. The van der Waals surface area contributed by atoms with Crippen molar-refractivity contribution in [3.05, 3.63) is 71.0 Å². The van der Waals surface area contributed by atoms with Crippen molar-refractivity contribution in [2.45, 2.75) is 12.5 Å². The number of rotatable bonds is 2. The largest absolute Gasteiger partial charge is 0.376 e. The molecule has 0 bridgehead atoms. The number of carbonyl (C=O) groups excluding carboxylic acids is 1. The standard InChI is InChI=1S/C19H15ClN2O2/c20-14-6-5-13-10-24-11-17(16(13)7-14)19(23)22-18-9-21-8-12-3-1-2-4-15(12)18/h1-9,17H,10-11H2,(H,22,23). The summed E-state index contributed by atoms with van der Waals surface area (Å²) in [6.07, 6.45) is 3.45. The molecule has 120 valence electrons. The lowest BCUT2D eigenvalue weighted by atomic mass is 9.92. The third-order valence-electron chi connectivity index (χ3n) is 4.27. The minimum absolute atomic E-state index is 0.114. The zero-order chi connectivity index (χ0) is 16.5. The van der Waals surface area contributed by atoms with Gasteiger partial charge in [-0.05, 0) is 23.3 Å². The normalized spacial score (nSPS) is 16.6. The molecule has 1 unspecified atom stereocenters. The molecule has 1 atom stereocenters. The Kier molecular flexibility index (Phi) is 3.92. The monoisotopic (exact) mass is 338 g/mol. The van der Waals surface area contributed by atoms with E-state index in [0.717, 1.165) is 21.9 Å². The van der Waals surface area contributed by atoms with Crippen molar-refractivity contribution in [2.75, 3.05) is 11.9 Å². The van der Waals surface area contributed by atoms with E-state index in [4.69, 9.17) is 16.3 Å². The molecule has 0 saturated heterocycles. The minimum Gasteiger partial charge on any atom is -0.376 e. The second kappa shape index (κ2) is 6.23. The van der Waals surface area contributed by atoms with Crippen molar-refractivity contribution in [1.29, 1.82) is 0 Å². The molecule has 1 aliphatic rings. The van der Waals surface area contributed by atoms with Crippen LogP contribution in [0.3, 0.4) is 0 Å². The van der Waals surface area contributed by atoms with Crippen LogP contribution in [0.1, 0.15) is 17.0 Å². The number of hydrogen-bond acceptors (Lipinski definition) is 3. The highest BCUT2D eigenvalue weighted by Crippen LogP contribution is 2.31. The van der Waals surface area contributed by atoms with Crippen molar-refractivity contribution < 1.29 is 9.53 Å². The van der Waals surface area contributed by atoms with E-state index in [9.17, 15) is 4.79 Å². The van der Waals surface area contributed by atoms with Crippen molar-refractivity contribution in [3.8, 4) is 0 Å². The number of amides is 1. The van der Waals surface area contributed by atoms with Crippen LogP contribution in [0.15, 0.2) is 54.9 Å². The summed E-state index contributed by atoms with van der Waals surface area (Å²) in [6.45, 7) is 0.851. The Morgan fingerprint density at radius 1 is 1.21 bits per heavy atom. The fourth-order valence-corrected chi connectivity index (χ4v) is 3.23. The van der Waals surface area contributed by atoms with Crippen LogP contribution in [-0.2, 0) is 16.1 Å². The molecule has 0 saturated carbocycles. The molecule has 24 heavy (non-hydrogen) atoms. The quantitative estimate of drug-likeness (QED) is 0.764. The Bertz CT molecular complexity index is 921. The molecule has 2 heterocycles. The number of ether oxygens (including phenoxy) is 1. The van der Waals surface area contributed by atoms with E-state index in [1.54, 1.807) is 12.4 Å². The van der Waals surface area contributed by atoms with E-state index >= 15 is 0 Å². The fourth-order valence-electron chi connectivity index (χ4n) is 3.05. The van der Waals surface area contributed by atoms with Crippen molar-refractivity contribution in [3.63, 3.8) is 0 Å². The first-order valence-electron chi connectivity index (χ1n) is 7.72. The summed E-state index contributed by atoms with van der Waals surface area (Å²) in [5.74, 6) is -0.497. The van der Waals surface area contributed by atoms with Crippen molar-refractivity contribution in [1.82, 2.24) is 4.98 Å². The summed E-state index contributed by atoms with van der Waals surface area (Å²) in [4.78, 5) is 17.0. The lowest BCUT2D eigenvalue weighted by molar-refractivity contribution is -0.119. The number of nitrogens with zero attached hydrogens (tertiary/aromatic N) is 1. The highest BCUT2D eigenvalue weighted by atomic mass is 35.5. The van der Waals surface area contributed by atoms with Gasteiger partial charge < -0.3 is 10.1 Å². The molecule has 2 aromatic carbocycles. The van der Waals surface area contributed by atoms with Crippen LogP contribution in [-0.4, -0.2) is 17.5 Å². The van der Waals surface area contributed by atoms with Gasteiger partial charge in [0.15, 0.2) is 0 Å². The molecule has 1 aliphatic heterocycles. The summed E-state index contributed by atoms with van der Waals surface area (Å²) in [7, 11) is 0. The summed E-state index contributed by atoms with van der Waals surface area (Å²) in [5, 5.41) is 5.56. The molecule has 1 N–H and O–H groups in total. The van der Waals surface area contributed by atoms with Gasteiger partial charge in [0.25, 0.3) is 0 Å². The number of pyridine rings is 1. The Morgan fingerprint density at radius 3 is 3.00 bits per heavy atom. The van der Waals surface area contributed by atoms with Crippen LogP contribution in [0.25, 0.3) is 10.8 Å². The Labute approximate surface area is 144 Å². The van der Waals surface area contributed by atoms with E-state index in [1.165, 1.54) is 0 Å². The number of carbonyl (C=O) groups is 1. The van der Waals surface area contributed by atoms with Gasteiger partial charge in [-0.1, -0.05) is 41.9 Å². The van der Waals surface area contributed by atoms with E-state index in [-0.39, 0.29) is 11.8 Å². The summed E-state index contributed by atoms with van der Waals surface area (Å²) < 4.78 is 5.58.